The third-order valence-corrected chi connectivity index (χ3v) is 4.01. The minimum Gasteiger partial charge on any atom is -0.360 e. The molecule has 1 atom stereocenters. The molecule has 2 N–H and O–H groups in total. The second kappa shape index (κ2) is 7.56. The van der Waals surface area contributed by atoms with Crippen LogP contribution in [0.25, 0.3) is 0 Å². The van der Waals surface area contributed by atoms with Gasteiger partial charge in [-0.3, -0.25) is 9.69 Å². The maximum atomic E-state index is 12.4. The summed E-state index contributed by atoms with van der Waals surface area (Å²) in [5.74, 6) is 1.09. The highest BCUT2D eigenvalue weighted by Crippen LogP contribution is 2.14. The molecule has 6 heteroatoms. The highest BCUT2D eigenvalue weighted by Gasteiger charge is 2.26. The van der Waals surface area contributed by atoms with E-state index in [0.717, 1.165) is 57.0 Å². The fraction of sp³-hybridized carbons (Fsp3) is 0.733. The van der Waals surface area contributed by atoms with E-state index in [1.165, 1.54) is 0 Å². The van der Waals surface area contributed by atoms with Crippen molar-refractivity contribution in [1.82, 2.24) is 15.0 Å². The molecule has 118 valence electrons. The van der Waals surface area contributed by atoms with E-state index in [2.05, 4.69) is 17.0 Å². The second-order valence-electron chi connectivity index (χ2n) is 5.76. The minimum absolute atomic E-state index is 0.0153. The highest BCUT2D eigenvalue weighted by atomic mass is 16.5. The number of carbonyl (C=O) groups is 1. The summed E-state index contributed by atoms with van der Waals surface area (Å²) < 4.78 is 5.24. The summed E-state index contributed by atoms with van der Waals surface area (Å²) in [5, 5.41) is 3.90. The molecular formula is C15H26N4O2. The molecule has 0 aliphatic carbocycles. The number of aryl methyl sites for hydroxylation is 1. The normalized spacial score (nSPS) is 18.0. The summed E-state index contributed by atoms with van der Waals surface area (Å²) in [6.45, 7) is 8.50. The van der Waals surface area contributed by atoms with Crippen LogP contribution in [-0.2, 0) is 11.3 Å². The first-order chi connectivity index (χ1) is 10.1. The van der Waals surface area contributed by atoms with Gasteiger partial charge in [-0.15, -0.1) is 0 Å². The molecule has 1 aliphatic rings. The van der Waals surface area contributed by atoms with Crippen LogP contribution in [0, 0.1) is 12.8 Å². The second-order valence-corrected chi connectivity index (χ2v) is 5.76. The van der Waals surface area contributed by atoms with Crippen LogP contribution < -0.4 is 5.73 Å². The predicted molar refractivity (Wildman–Crippen MR) is 80.5 cm³/mol. The fourth-order valence-corrected chi connectivity index (χ4v) is 2.79. The van der Waals surface area contributed by atoms with Gasteiger partial charge in [0.25, 0.3) is 0 Å². The van der Waals surface area contributed by atoms with Gasteiger partial charge in [-0.05, 0) is 13.3 Å². The van der Waals surface area contributed by atoms with E-state index in [1.807, 2.05) is 17.9 Å². The van der Waals surface area contributed by atoms with Crippen LogP contribution in [0.3, 0.4) is 0 Å². The molecule has 1 unspecified atom stereocenters. The van der Waals surface area contributed by atoms with E-state index >= 15 is 0 Å². The molecule has 0 bridgehead atoms. The van der Waals surface area contributed by atoms with Crippen molar-refractivity contribution in [2.24, 2.45) is 11.7 Å². The molecule has 6 nitrogen and oxygen atoms in total. The number of nitrogens with zero attached hydrogens (tertiary/aromatic N) is 3. The van der Waals surface area contributed by atoms with Crippen molar-refractivity contribution in [2.45, 2.75) is 33.2 Å². The topological polar surface area (TPSA) is 75.6 Å². The summed E-state index contributed by atoms with van der Waals surface area (Å²) in [4.78, 5) is 16.6. The SMILES string of the molecule is CCCC(CN)C(=O)N1CCN(Cc2cc(C)no2)CC1. The van der Waals surface area contributed by atoms with Crippen molar-refractivity contribution in [3.05, 3.63) is 17.5 Å². The smallest absolute Gasteiger partial charge is 0.227 e. The van der Waals surface area contributed by atoms with E-state index in [0.29, 0.717) is 6.54 Å². The molecule has 1 saturated heterocycles. The number of aromatic nitrogens is 1. The molecule has 1 aromatic rings. The van der Waals surface area contributed by atoms with Crippen molar-refractivity contribution < 1.29 is 9.32 Å². The Bertz CT molecular complexity index is 452. The number of piperazine rings is 1. The summed E-state index contributed by atoms with van der Waals surface area (Å²) in [6.07, 6.45) is 1.88. The summed E-state index contributed by atoms with van der Waals surface area (Å²) >= 11 is 0. The quantitative estimate of drug-likeness (QED) is 0.847. The molecule has 0 aromatic carbocycles. The first-order valence-electron chi connectivity index (χ1n) is 7.77. The van der Waals surface area contributed by atoms with Gasteiger partial charge in [-0.25, -0.2) is 0 Å². The lowest BCUT2D eigenvalue weighted by Gasteiger charge is -2.35. The Morgan fingerprint density at radius 2 is 2.14 bits per heavy atom. The maximum Gasteiger partial charge on any atom is 0.227 e. The Labute approximate surface area is 126 Å². The highest BCUT2D eigenvalue weighted by molar-refractivity contribution is 5.79. The average molecular weight is 294 g/mol. The van der Waals surface area contributed by atoms with Crippen LogP contribution in [0.2, 0.25) is 0 Å². The molecule has 0 saturated carbocycles. The maximum absolute atomic E-state index is 12.4. The number of hydrogen-bond donors (Lipinski definition) is 1. The van der Waals surface area contributed by atoms with Gasteiger partial charge < -0.3 is 15.2 Å². The van der Waals surface area contributed by atoms with Crippen LogP contribution >= 0.6 is 0 Å². The largest absolute Gasteiger partial charge is 0.360 e. The molecule has 0 radical (unpaired) electrons. The monoisotopic (exact) mass is 294 g/mol. The van der Waals surface area contributed by atoms with E-state index in [4.69, 9.17) is 10.3 Å². The van der Waals surface area contributed by atoms with Crippen molar-refractivity contribution in [1.29, 1.82) is 0 Å². The van der Waals surface area contributed by atoms with Gasteiger partial charge in [-0.1, -0.05) is 18.5 Å². The minimum atomic E-state index is -0.0153. The molecule has 21 heavy (non-hydrogen) atoms. The summed E-state index contributed by atoms with van der Waals surface area (Å²) in [7, 11) is 0. The molecule has 0 spiro atoms. The first-order valence-corrected chi connectivity index (χ1v) is 7.77. The standard InChI is InChI=1S/C15H26N4O2/c1-3-4-13(10-16)15(20)19-7-5-18(6-8-19)11-14-9-12(2)17-21-14/h9,13H,3-8,10-11,16H2,1-2H3. The van der Waals surface area contributed by atoms with Gasteiger partial charge in [0.15, 0.2) is 5.76 Å². The van der Waals surface area contributed by atoms with E-state index < -0.39 is 0 Å². The van der Waals surface area contributed by atoms with E-state index in [1.54, 1.807) is 0 Å². The van der Waals surface area contributed by atoms with Crippen molar-refractivity contribution in [3.8, 4) is 0 Å². The lowest BCUT2D eigenvalue weighted by Crippen LogP contribution is -2.50. The molecule has 1 aliphatic heterocycles. The van der Waals surface area contributed by atoms with Crippen LogP contribution in [0.5, 0.6) is 0 Å². The number of amides is 1. The predicted octanol–water partition coefficient (Wildman–Crippen LogP) is 1.00. The van der Waals surface area contributed by atoms with Crippen LogP contribution in [-0.4, -0.2) is 53.6 Å². The van der Waals surface area contributed by atoms with Gasteiger partial charge in [0.1, 0.15) is 0 Å². The Kier molecular flexibility index (Phi) is 5.76. The number of nitrogens with two attached hydrogens (primary N) is 1. The van der Waals surface area contributed by atoms with Crippen LogP contribution in [0.15, 0.2) is 10.6 Å². The number of rotatable bonds is 6. The number of hydrogen-bond acceptors (Lipinski definition) is 5. The zero-order valence-electron chi connectivity index (χ0n) is 13.0. The molecule has 1 fully saturated rings. The lowest BCUT2D eigenvalue weighted by molar-refractivity contribution is -0.137. The number of carbonyl (C=O) groups excluding carboxylic acids is 1. The third kappa shape index (κ3) is 4.28. The Hall–Kier alpha value is -1.40. The molecule has 1 aromatic heterocycles. The fourth-order valence-electron chi connectivity index (χ4n) is 2.79. The van der Waals surface area contributed by atoms with Gasteiger partial charge in [0, 0.05) is 38.8 Å². The molecular weight excluding hydrogens is 268 g/mol. The van der Waals surface area contributed by atoms with Crippen molar-refractivity contribution >= 4 is 5.91 Å². The average Bonchev–Trinajstić information content (AvgIpc) is 2.90. The van der Waals surface area contributed by atoms with E-state index in [-0.39, 0.29) is 11.8 Å². The molecule has 2 heterocycles. The Morgan fingerprint density at radius 3 is 2.67 bits per heavy atom. The van der Waals surface area contributed by atoms with E-state index in [9.17, 15) is 4.79 Å². The van der Waals surface area contributed by atoms with Crippen LogP contribution in [0.1, 0.15) is 31.2 Å². The summed E-state index contributed by atoms with van der Waals surface area (Å²) in [5.41, 5.74) is 6.63. The van der Waals surface area contributed by atoms with Gasteiger partial charge >= 0.3 is 0 Å². The summed E-state index contributed by atoms with van der Waals surface area (Å²) in [6, 6.07) is 1.96. The zero-order valence-corrected chi connectivity index (χ0v) is 13.0. The Morgan fingerprint density at radius 1 is 1.43 bits per heavy atom. The third-order valence-electron chi connectivity index (χ3n) is 4.01. The molecule has 1 amide bonds. The van der Waals surface area contributed by atoms with Crippen molar-refractivity contribution in [2.75, 3.05) is 32.7 Å². The van der Waals surface area contributed by atoms with Crippen molar-refractivity contribution in [3.63, 3.8) is 0 Å². The lowest BCUT2D eigenvalue weighted by atomic mass is 10.0. The van der Waals surface area contributed by atoms with Gasteiger partial charge in [0.2, 0.25) is 5.91 Å². The van der Waals surface area contributed by atoms with Gasteiger partial charge in [0.05, 0.1) is 18.2 Å². The Balaban J connectivity index is 1.81. The first kappa shape index (κ1) is 16.0. The van der Waals surface area contributed by atoms with Crippen LogP contribution in [0.4, 0.5) is 0 Å². The molecule has 2 rings (SSSR count). The van der Waals surface area contributed by atoms with Gasteiger partial charge in [-0.2, -0.15) is 0 Å². The zero-order chi connectivity index (χ0) is 15.2.